The van der Waals surface area contributed by atoms with Gasteiger partial charge < -0.3 is 5.32 Å². The second-order valence-corrected chi connectivity index (χ2v) is 7.43. The number of rotatable bonds is 6. The molecule has 0 aromatic heterocycles. The Morgan fingerprint density at radius 1 is 1.00 bits per heavy atom. The molecule has 116 valence electrons. The van der Waals surface area contributed by atoms with Crippen molar-refractivity contribution in [1.29, 1.82) is 0 Å². The largest absolute Gasteiger partial charge is 0.315 e. The highest BCUT2D eigenvalue weighted by atomic mass is 32.2. The monoisotopic (exact) mass is 311 g/mol. The van der Waals surface area contributed by atoms with Crippen molar-refractivity contribution in [2.24, 2.45) is 0 Å². The van der Waals surface area contributed by atoms with Crippen LogP contribution in [-0.2, 0) is 12.8 Å². The van der Waals surface area contributed by atoms with Crippen LogP contribution in [0.2, 0.25) is 0 Å². The lowest BCUT2D eigenvalue weighted by atomic mass is 9.96. The standard InChI is InChI=1S/C20H25NS/c1-15(2)21-13-6-5-8-16-10-7-12-20-18(16)14-17-9-3-4-11-19(17)22-20/h3-4,7,9-12,15,21H,5-6,8,13-14H2,1-2H3. The number of fused-ring (bicyclic) bond motifs is 2. The van der Waals surface area contributed by atoms with Gasteiger partial charge in [0.1, 0.15) is 0 Å². The highest BCUT2D eigenvalue weighted by Gasteiger charge is 2.17. The van der Waals surface area contributed by atoms with E-state index in [1.807, 2.05) is 11.8 Å². The number of aryl methyl sites for hydroxylation is 1. The van der Waals surface area contributed by atoms with Gasteiger partial charge in [-0.15, -0.1) is 0 Å². The Morgan fingerprint density at radius 2 is 1.82 bits per heavy atom. The van der Waals surface area contributed by atoms with Crippen molar-refractivity contribution in [3.63, 3.8) is 0 Å². The van der Waals surface area contributed by atoms with Crippen LogP contribution in [-0.4, -0.2) is 12.6 Å². The van der Waals surface area contributed by atoms with Gasteiger partial charge in [0.15, 0.2) is 0 Å². The normalized spacial score (nSPS) is 13.0. The first-order valence-corrected chi connectivity index (χ1v) is 9.15. The van der Waals surface area contributed by atoms with Crippen molar-refractivity contribution in [2.75, 3.05) is 6.54 Å². The lowest BCUT2D eigenvalue weighted by Crippen LogP contribution is -2.23. The Labute approximate surface area is 138 Å². The second kappa shape index (κ2) is 7.34. The van der Waals surface area contributed by atoms with Gasteiger partial charge in [0, 0.05) is 15.8 Å². The van der Waals surface area contributed by atoms with Crippen LogP contribution in [0.5, 0.6) is 0 Å². The van der Waals surface area contributed by atoms with E-state index in [1.165, 1.54) is 34.6 Å². The van der Waals surface area contributed by atoms with Gasteiger partial charge >= 0.3 is 0 Å². The summed E-state index contributed by atoms with van der Waals surface area (Å²) in [6.07, 6.45) is 4.82. The predicted octanol–water partition coefficient (Wildman–Crippen LogP) is 5.06. The van der Waals surface area contributed by atoms with Crippen molar-refractivity contribution in [2.45, 2.75) is 55.4 Å². The molecule has 1 aliphatic rings. The van der Waals surface area contributed by atoms with Gasteiger partial charge in [-0.25, -0.2) is 0 Å². The maximum absolute atomic E-state index is 3.50. The van der Waals surface area contributed by atoms with E-state index in [-0.39, 0.29) is 0 Å². The zero-order chi connectivity index (χ0) is 15.4. The molecule has 0 bridgehead atoms. The van der Waals surface area contributed by atoms with Crippen molar-refractivity contribution in [1.82, 2.24) is 5.32 Å². The fourth-order valence-corrected chi connectivity index (χ4v) is 4.16. The SMILES string of the molecule is CC(C)NCCCCc1cccc2c1Cc1ccccc1S2. The van der Waals surface area contributed by atoms with Crippen LogP contribution >= 0.6 is 11.8 Å². The minimum Gasteiger partial charge on any atom is -0.315 e. The van der Waals surface area contributed by atoms with Gasteiger partial charge in [0.25, 0.3) is 0 Å². The quantitative estimate of drug-likeness (QED) is 0.638. The van der Waals surface area contributed by atoms with E-state index in [2.05, 4.69) is 61.6 Å². The summed E-state index contributed by atoms with van der Waals surface area (Å²) in [6, 6.07) is 16.2. The number of hydrogen-bond acceptors (Lipinski definition) is 2. The second-order valence-electron chi connectivity index (χ2n) is 6.35. The van der Waals surface area contributed by atoms with Gasteiger partial charge in [-0.2, -0.15) is 0 Å². The van der Waals surface area contributed by atoms with E-state index >= 15 is 0 Å². The molecule has 0 amide bonds. The number of hydrogen-bond donors (Lipinski definition) is 1. The summed E-state index contributed by atoms with van der Waals surface area (Å²) in [7, 11) is 0. The van der Waals surface area contributed by atoms with Crippen LogP contribution in [0, 0.1) is 0 Å². The summed E-state index contributed by atoms with van der Waals surface area (Å²) >= 11 is 1.93. The van der Waals surface area contributed by atoms with Crippen molar-refractivity contribution < 1.29 is 0 Å². The molecular weight excluding hydrogens is 286 g/mol. The van der Waals surface area contributed by atoms with Crippen molar-refractivity contribution >= 4 is 11.8 Å². The molecule has 0 atom stereocenters. The minimum atomic E-state index is 0.595. The molecule has 2 aromatic rings. The predicted molar refractivity (Wildman–Crippen MR) is 95.9 cm³/mol. The van der Waals surface area contributed by atoms with Gasteiger partial charge in [0.05, 0.1) is 0 Å². The maximum Gasteiger partial charge on any atom is 0.0160 e. The van der Waals surface area contributed by atoms with E-state index in [0.717, 1.165) is 13.0 Å². The Bertz CT molecular complexity index is 633. The molecular formula is C20H25NS. The molecule has 22 heavy (non-hydrogen) atoms. The van der Waals surface area contributed by atoms with E-state index in [1.54, 1.807) is 11.1 Å². The van der Waals surface area contributed by atoms with Crippen LogP contribution in [0.4, 0.5) is 0 Å². The van der Waals surface area contributed by atoms with Crippen LogP contribution < -0.4 is 5.32 Å². The Kier molecular flexibility index (Phi) is 5.22. The topological polar surface area (TPSA) is 12.0 Å². The van der Waals surface area contributed by atoms with E-state index in [4.69, 9.17) is 0 Å². The van der Waals surface area contributed by atoms with Crippen LogP contribution in [0.25, 0.3) is 0 Å². The third-order valence-electron chi connectivity index (χ3n) is 4.22. The van der Waals surface area contributed by atoms with Gasteiger partial charge in [-0.1, -0.05) is 55.9 Å². The number of benzene rings is 2. The molecule has 0 unspecified atom stereocenters. The zero-order valence-electron chi connectivity index (χ0n) is 13.6. The minimum absolute atomic E-state index is 0.595. The summed E-state index contributed by atoms with van der Waals surface area (Å²) in [5.41, 5.74) is 4.58. The summed E-state index contributed by atoms with van der Waals surface area (Å²) in [5.74, 6) is 0. The summed E-state index contributed by atoms with van der Waals surface area (Å²) < 4.78 is 0. The van der Waals surface area contributed by atoms with E-state index in [9.17, 15) is 0 Å². The van der Waals surface area contributed by atoms with Gasteiger partial charge in [-0.3, -0.25) is 0 Å². The van der Waals surface area contributed by atoms with E-state index < -0.39 is 0 Å². The molecule has 2 heteroatoms. The lowest BCUT2D eigenvalue weighted by molar-refractivity contribution is 0.557. The number of nitrogens with one attached hydrogen (secondary N) is 1. The van der Waals surface area contributed by atoms with Crippen LogP contribution in [0.1, 0.15) is 43.4 Å². The average Bonchev–Trinajstić information content (AvgIpc) is 2.52. The highest BCUT2D eigenvalue weighted by molar-refractivity contribution is 7.99. The third-order valence-corrected chi connectivity index (χ3v) is 5.44. The molecule has 2 aromatic carbocycles. The molecule has 0 saturated heterocycles. The summed E-state index contributed by atoms with van der Waals surface area (Å²) in [4.78, 5) is 2.88. The maximum atomic E-state index is 3.50. The molecule has 1 nitrogen and oxygen atoms in total. The fourth-order valence-electron chi connectivity index (χ4n) is 3.03. The molecule has 0 radical (unpaired) electrons. The van der Waals surface area contributed by atoms with Crippen molar-refractivity contribution in [3.05, 3.63) is 59.2 Å². The molecule has 0 aliphatic carbocycles. The van der Waals surface area contributed by atoms with Gasteiger partial charge in [-0.05, 0) is 61.1 Å². The first-order chi connectivity index (χ1) is 10.7. The molecule has 0 saturated carbocycles. The Balaban J connectivity index is 1.65. The smallest absolute Gasteiger partial charge is 0.0160 e. The third kappa shape index (κ3) is 3.74. The van der Waals surface area contributed by atoms with Crippen LogP contribution in [0.3, 0.4) is 0 Å². The average molecular weight is 311 g/mol. The summed E-state index contributed by atoms with van der Waals surface area (Å²) in [6.45, 7) is 5.55. The van der Waals surface area contributed by atoms with Crippen molar-refractivity contribution in [3.8, 4) is 0 Å². The first-order valence-electron chi connectivity index (χ1n) is 8.34. The molecule has 0 spiro atoms. The molecule has 1 heterocycles. The van der Waals surface area contributed by atoms with Gasteiger partial charge in [0.2, 0.25) is 0 Å². The zero-order valence-corrected chi connectivity index (χ0v) is 14.4. The lowest BCUT2D eigenvalue weighted by Gasteiger charge is -2.21. The molecule has 0 fully saturated rings. The Hall–Kier alpha value is -1.25. The first kappa shape index (κ1) is 15.6. The van der Waals surface area contributed by atoms with Crippen LogP contribution in [0.15, 0.2) is 52.3 Å². The Morgan fingerprint density at radius 3 is 2.68 bits per heavy atom. The molecule has 1 aliphatic heterocycles. The summed E-state index contributed by atoms with van der Waals surface area (Å²) in [5, 5.41) is 3.50. The fraction of sp³-hybridized carbons (Fsp3) is 0.400. The number of unbranched alkanes of at least 4 members (excludes halogenated alkanes) is 1. The van der Waals surface area contributed by atoms with E-state index in [0.29, 0.717) is 6.04 Å². The molecule has 3 rings (SSSR count). The molecule has 1 N–H and O–H groups in total. The highest BCUT2D eigenvalue weighted by Crippen LogP contribution is 2.40.